The van der Waals surface area contributed by atoms with Crippen LogP contribution in [-0.2, 0) is 11.2 Å². The van der Waals surface area contributed by atoms with Gasteiger partial charge >= 0.3 is 0 Å². The number of carbonyl (C=O) groups is 1. The molecule has 1 fully saturated rings. The summed E-state index contributed by atoms with van der Waals surface area (Å²) in [5.41, 5.74) is 7.29. The molecule has 3 rings (SSSR count). The Kier molecular flexibility index (Phi) is 3.08. The molecule has 3 nitrogen and oxygen atoms in total. The summed E-state index contributed by atoms with van der Waals surface area (Å²) in [4.78, 5) is 15.7. The number of carbonyl (C=O) groups excluding carboxylic acids is 1. The third-order valence-electron chi connectivity index (χ3n) is 4.02. The summed E-state index contributed by atoms with van der Waals surface area (Å²) in [6.07, 6.45) is 1.79. The van der Waals surface area contributed by atoms with Crippen molar-refractivity contribution in [1.82, 2.24) is 4.90 Å². The number of nitrogens with two attached hydrogens (primary N) is 1. The Morgan fingerprint density at radius 2 is 2.22 bits per heavy atom. The van der Waals surface area contributed by atoms with Crippen LogP contribution in [0, 0.1) is 0 Å². The minimum atomic E-state index is 0.0511. The van der Waals surface area contributed by atoms with E-state index in [1.807, 2.05) is 17.0 Å². The zero-order chi connectivity index (χ0) is 12.7. The fraction of sp³-hybridized carbons (Fsp3) is 0.500. The van der Waals surface area contributed by atoms with Crippen LogP contribution in [0.25, 0.3) is 0 Å². The van der Waals surface area contributed by atoms with Crippen LogP contribution in [-0.4, -0.2) is 34.7 Å². The second-order valence-electron chi connectivity index (χ2n) is 5.14. The highest BCUT2D eigenvalue weighted by atomic mass is 32.2. The van der Waals surface area contributed by atoms with E-state index in [1.54, 1.807) is 11.8 Å². The van der Waals surface area contributed by atoms with Gasteiger partial charge in [-0.2, -0.15) is 0 Å². The van der Waals surface area contributed by atoms with E-state index >= 15 is 0 Å². The molecule has 2 aliphatic heterocycles. The molecule has 18 heavy (non-hydrogen) atoms. The van der Waals surface area contributed by atoms with Crippen molar-refractivity contribution in [1.29, 1.82) is 0 Å². The second kappa shape index (κ2) is 4.59. The van der Waals surface area contributed by atoms with Gasteiger partial charge in [-0.25, -0.2) is 0 Å². The Labute approximate surface area is 112 Å². The van der Waals surface area contributed by atoms with Crippen LogP contribution >= 0.6 is 11.8 Å². The van der Waals surface area contributed by atoms with Gasteiger partial charge in [-0.3, -0.25) is 4.79 Å². The van der Waals surface area contributed by atoms with E-state index in [0.717, 1.165) is 19.4 Å². The molecule has 0 radical (unpaired) electrons. The highest BCUT2D eigenvalue weighted by molar-refractivity contribution is 8.01. The van der Waals surface area contributed by atoms with Crippen molar-refractivity contribution in [2.24, 2.45) is 5.73 Å². The van der Waals surface area contributed by atoms with Crippen LogP contribution in [0.3, 0.4) is 0 Å². The van der Waals surface area contributed by atoms with Gasteiger partial charge in [0.1, 0.15) is 0 Å². The van der Waals surface area contributed by atoms with Crippen molar-refractivity contribution in [2.75, 3.05) is 6.54 Å². The average Bonchev–Trinajstić information content (AvgIpc) is 2.94. The monoisotopic (exact) mass is 262 g/mol. The molecule has 4 heteroatoms. The molecule has 1 aromatic carbocycles. The first-order valence-electron chi connectivity index (χ1n) is 6.47. The average molecular weight is 262 g/mol. The molecule has 3 atom stereocenters. The maximum Gasteiger partial charge on any atom is 0.236 e. The molecule has 2 N–H and O–H groups in total. The molecule has 0 saturated carbocycles. The molecular weight excluding hydrogens is 244 g/mol. The van der Waals surface area contributed by atoms with E-state index in [0.29, 0.717) is 0 Å². The van der Waals surface area contributed by atoms with Gasteiger partial charge in [0.15, 0.2) is 0 Å². The van der Waals surface area contributed by atoms with Crippen molar-refractivity contribution in [3.63, 3.8) is 0 Å². The van der Waals surface area contributed by atoms with E-state index in [9.17, 15) is 4.79 Å². The number of benzene rings is 1. The largest absolute Gasteiger partial charge is 0.337 e. The molecule has 1 amide bonds. The lowest BCUT2D eigenvalue weighted by atomic mass is 10.1. The lowest BCUT2D eigenvalue weighted by Gasteiger charge is -2.25. The maximum absolute atomic E-state index is 12.5. The predicted octanol–water partition coefficient (Wildman–Crippen LogP) is 1.65. The van der Waals surface area contributed by atoms with Gasteiger partial charge in [0.25, 0.3) is 0 Å². The normalized spacial score (nSPS) is 30.6. The third-order valence-corrected chi connectivity index (χ3v) is 5.33. The standard InChI is InChI=1S/C14H18N2OS/c1-9-11(15)6-7-16(9)14(17)13-8-10-4-2-3-5-12(10)18-13/h2-5,9,11,13H,6-8,15H2,1H3. The first-order valence-corrected chi connectivity index (χ1v) is 7.35. The summed E-state index contributed by atoms with van der Waals surface area (Å²) < 4.78 is 0. The summed E-state index contributed by atoms with van der Waals surface area (Å²) in [6.45, 7) is 2.87. The number of likely N-dealkylation sites (tertiary alicyclic amines) is 1. The van der Waals surface area contributed by atoms with Crippen molar-refractivity contribution in [2.45, 2.75) is 42.0 Å². The Morgan fingerprint density at radius 3 is 2.89 bits per heavy atom. The summed E-state index contributed by atoms with van der Waals surface area (Å²) in [6, 6.07) is 8.62. The van der Waals surface area contributed by atoms with Gasteiger partial charge in [0, 0.05) is 23.5 Å². The summed E-state index contributed by atoms with van der Waals surface area (Å²) in [7, 11) is 0. The Balaban J connectivity index is 1.73. The lowest BCUT2D eigenvalue weighted by molar-refractivity contribution is -0.131. The Hall–Kier alpha value is -1.00. The van der Waals surface area contributed by atoms with Crippen LogP contribution in [0.1, 0.15) is 18.9 Å². The third kappa shape index (κ3) is 1.93. The van der Waals surface area contributed by atoms with Gasteiger partial charge in [-0.1, -0.05) is 18.2 Å². The molecule has 1 aromatic rings. The highest BCUT2D eigenvalue weighted by Gasteiger charge is 2.37. The van der Waals surface area contributed by atoms with Crippen molar-refractivity contribution in [3.8, 4) is 0 Å². The fourth-order valence-corrected chi connectivity index (χ4v) is 4.05. The molecule has 0 aromatic heterocycles. The van der Waals surface area contributed by atoms with Gasteiger partial charge in [-0.05, 0) is 31.4 Å². The zero-order valence-electron chi connectivity index (χ0n) is 10.5. The smallest absolute Gasteiger partial charge is 0.236 e. The van der Waals surface area contributed by atoms with E-state index < -0.39 is 0 Å². The van der Waals surface area contributed by atoms with Crippen molar-refractivity contribution in [3.05, 3.63) is 29.8 Å². The summed E-state index contributed by atoms with van der Waals surface area (Å²) in [5.74, 6) is 0.261. The number of hydrogen-bond donors (Lipinski definition) is 1. The quantitative estimate of drug-likeness (QED) is 0.837. The summed E-state index contributed by atoms with van der Waals surface area (Å²) >= 11 is 1.70. The molecule has 2 heterocycles. The SMILES string of the molecule is CC1C(N)CCN1C(=O)C1Cc2ccccc2S1. The Morgan fingerprint density at radius 1 is 1.44 bits per heavy atom. The lowest BCUT2D eigenvalue weighted by Crippen LogP contribution is -2.44. The minimum absolute atomic E-state index is 0.0511. The topological polar surface area (TPSA) is 46.3 Å². The molecule has 0 spiro atoms. The number of amides is 1. The molecule has 3 unspecified atom stereocenters. The van der Waals surface area contributed by atoms with Crippen LogP contribution in [0.2, 0.25) is 0 Å². The number of hydrogen-bond acceptors (Lipinski definition) is 3. The van der Waals surface area contributed by atoms with E-state index in [1.165, 1.54) is 10.5 Å². The first kappa shape index (κ1) is 12.1. The van der Waals surface area contributed by atoms with Crippen LogP contribution in [0.4, 0.5) is 0 Å². The highest BCUT2D eigenvalue weighted by Crippen LogP contribution is 2.38. The van der Waals surface area contributed by atoms with Gasteiger partial charge in [0.05, 0.1) is 5.25 Å². The molecule has 1 saturated heterocycles. The molecule has 0 bridgehead atoms. The van der Waals surface area contributed by atoms with Crippen LogP contribution in [0.5, 0.6) is 0 Å². The van der Waals surface area contributed by atoms with E-state index in [4.69, 9.17) is 5.73 Å². The maximum atomic E-state index is 12.5. The summed E-state index contributed by atoms with van der Waals surface area (Å²) in [5, 5.41) is 0.0511. The predicted molar refractivity (Wildman–Crippen MR) is 73.6 cm³/mol. The fourth-order valence-electron chi connectivity index (χ4n) is 2.78. The van der Waals surface area contributed by atoms with Crippen molar-refractivity contribution >= 4 is 17.7 Å². The first-order chi connectivity index (χ1) is 8.66. The number of fused-ring (bicyclic) bond motifs is 1. The molecule has 96 valence electrons. The van der Waals surface area contributed by atoms with Gasteiger partial charge < -0.3 is 10.6 Å². The number of rotatable bonds is 1. The second-order valence-corrected chi connectivity index (χ2v) is 6.39. The van der Waals surface area contributed by atoms with E-state index in [2.05, 4.69) is 19.1 Å². The molecule has 0 aliphatic carbocycles. The molecule has 2 aliphatic rings. The minimum Gasteiger partial charge on any atom is -0.337 e. The van der Waals surface area contributed by atoms with Crippen LogP contribution < -0.4 is 5.73 Å². The number of thioether (sulfide) groups is 1. The zero-order valence-corrected chi connectivity index (χ0v) is 11.3. The van der Waals surface area contributed by atoms with Gasteiger partial charge in [0.2, 0.25) is 5.91 Å². The number of nitrogens with zero attached hydrogens (tertiary/aromatic N) is 1. The van der Waals surface area contributed by atoms with Gasteiger partial charge in [-0.15, -0.1) is 11.8 Å². The van der Waals surface area contributed by atoms with Crippen molar-refractivity contribution < 1.29 is 4.79 Å². The van der Waals surface area contributed by atoms with E-state index in [-0.39, 0.29) is 23.2 Å². The van der Waals surface area contributed by atoms with Crippen LogP contribution in [0.15, 0.2) is 29.2 Å². The molecular formula is C14H18N2OS. The Bertz CT molecular complexity index is 452.